The molecule has 0 saturated carbocycles. The molecule has 0 radical (unpaired) electrons. The number of hydrogen-bond donors (Lipinski definition) is 0. The van der Waals surface area contributed by atoms with E-state index < -0.39 is 0 Å². The predicted molar refractivity (Wildman–Crippen MR) is 63.5 cm³/mol. The number of rotatable bonds is 3. The molecule has 0 bridgehead atoms. The van der Waals surface area contributed by atoms with E-state index in [2.05, 4.69) is 4.98 Å². The third-order valence-corrected chi connectivity index (χ3v) is 2.54. The van der Waals surface area contributed by atoms with Crippen molar-refractivity contribution in [3.05, 3.63) is 65.5 Å². The zero-order valence-corrected chi connectivity index (χ0v) is 9.18. The van der Waals surface area contributed by atoms with Crippen molar-refractivity contribution in [2.24, 2.45) is 0 Å². The third kappa shape index (κ3) is 2.34. The van der Waals surface area contributed by atoms with Crippen LogP contribution < -0.4 is 0 Å². The quantitative estimate of drug-likeness (QED) is 0.731. The van der Waals surface area contributed by atoms with Gasteiger partial charge >= 0.3 is 0 Å². The number of pyridine rings is 1. The van der Waals surface area contributed by atoms with Crippen LogP contribution in [-0.4, -0.2) is 10.8 Å². The maximum absolute atomic E-state index is 11.9. The standard InChI is InChI=1S/C14H13NO/c1-11-6-5-9-15-13(11)10-14(16)12-7-3-2-4-8-12/h2-9H,10H2,1H3. The maximum Gasteiger partial charge on any atom is 0.168 e. The Morgan fingerprint density at radius 1 is 1.12 bits per heavy atom. The van der Waals surface area contributed by atoms with Crippen molar-refractivity contribution in [2.75, 3.05) is 0 Å². The Bertz CT molecular complexity index is 491. The molecule has 0 atom stereocenters. The second kappa shape index (κ2) is 4.71. The highest BCUT2D eigenvalue weighted by molar-refractivity contribution is 5.97. The molecule has 80 valence electrons. The molecule has 0 unspecified atom stereocenters. The van der Waals surface area contributed by atoms with Gasteiger partial charge in [-0.25, -0.2) is 0 Å². The molecular formula is C14H13NO. The van der Waals surface area contributed by atoms with Gasteiger partial charge in [0.15, 0.2) is 5.78 Å². The Morgan fingerprint density at radius 3 is 2.56 bits per heavy atom. The fourth-order valence-corrected chi connectivity index (χ4v) is 1.58. The minimum absolute atomic E-state index is 0.113. The molecule has 2 aromatic rings. The summed E-state index contributed by atoms with van der Waals surface area (Å²) < 4.78 is 0. The fourth-order valence-electron chi connectivity index (χ4n) is 1.58. The number of aromatic nitrogens is 1. The van der Waals surface area contributed by atoms with E-state index in [9.17, 15) is 4.79 Å². The molecule has 2 nitrogen and oxygen atoms in total. The minimum Gasteiger partial charge on any atom is -0.294 e. The summed E-state index contributed by atoms with van der Waals surface area (Å²) in [6, 6.07) is 13.2. The maximum atomic E-state index is 11.9. The van der Waals surface area contributed by atoms with Gasteiger partial charge in [0.05, 0.1) is 12.1 Å². The van der Waals surface area contributed by atoms with Gasteiger partial charge in [-0.1, -0.05) is 36.4 Å². The van der Waals surface area contributed by atoms with Crippen molar-refractivity contribution < 1.29 is 4.79 Å². The number of hydrogen-bond acceptors (Lipinski definition) is 2. The predicted octanol–water partition coefficient (Wildman–Crippen LogP) is 2.82. The highest BCUT2D eigenvalue weighted by Crippen LogP contribution is 2.08. The lowest BCUT2D eigenvalue weighted by atomic mass is 10.0. The Labute approximate surface area is 95.0 Å². The molecule has 1 aromatic heterocycles. The van der Waals surface area contributed by atoms with Crippen LogP contribution >= 0.6 is 0 Å². The van der Waals surface area contributed by atoms with Crippen molar-refractivity contribution in [2.45, 2.75) is 13.3 Å². The molecular weight excluding hydrogens is 198 g/mol. The Morgan fingerprint density at radius 2 is 1.88 bits per heavy atom. The largest absolute Gasteiger partial charge is 0.294 e. The van der Waals surface area contributed by atoms with Gasteiger partial charge in [0.1, 0.15) is 0 Å². The van der Waals surface area contributed by atoms with E-state index in [1.165, 1.54) is 0 Å². The van der Waals surface area contributed by atoms with E-state index in [1.54, 1.807) is 6.20 Å². The zero-order chi connectivity index (χ0) is 11.4. The van der Waals surface area contributed by atoms with Crippen molar-refractivity contribution in [3.63, 3.8) is 0 Å². The van der Waals surface area contributed by atoms with Gasteiger partial charge in [-0.05, 0) is 18.6 Å². The monoisotopic (exact) mass is 211 g/mol. The molecule has 0 saturated heterocycles. The first-order valence-corrected chi connectivity index (χ1v) is 5.26. The van der Waals surface area contributed by atoms with Crippen molar-refractivity contribution in [1.29, 1.82) is 0 Å². The van der Waals surface area contributed by atoms with E-state index >= 15 is 0 Å². The summed E-state index contributed by atoms with van der Waals surface area (Å²) in [6.07, 6.45) is 2.09. The molecule has 2 heteroatoms. The molecule has 0 N–H and O–H groups in total. The molecule has 0 spiro atoms. The van der Waals surface area contributed by atoms with E-state index in [4.69, 9.17) is 0 Å². The third-order valence-electron chi connectivity index (χ3n) is 2.54. The second-order valence-electron chi connectivity index (χ2n) is 3.73. The van der Waals surface area contributed by atoms with E-state index in [0.29, 0.717) is 6.42 Å². The summed E-state index contributed by atoms with van der Waals surface area (Å²) in [7, 11) is 0. The number of benzene rings is 1. The van der Waals surface area contributed by atoms with E-state index in [1.807, 2.05) is 49.4 Å². The van der Waals surface area contributed by atoms with Crippen LogP contribution in [0.3, 0.4) is 0 Å². The van der Waals surface area contributed by atoms with Gasteiger partial charge in [-0.15, -0.1) is 0 Å². The smallest absolute Gasteiger partial charge is 0.168 e. The molecule has 1 heterocycles. The first-order chi connectivity index (χ1) is 7.77. The molecule has 1 aromatic carbocycles. The lowest BCUT2D eigenvalue weighted by Gasteiger charge is -2.03. The highest BCUT2D eigenvalue weighted by Gasteiger charge is 2.08. The van der Waals surface area contributed by atoms with Crippen LogP contribution in [0.5, 0.6) is 0 Å². The summed E-state index contributed by atoms with van der Waals surface area (Å²) in [4.78, 5) is 16.1. The van der Waals surface area contributed by atoms with Crippen molar-refractivity contribution in [3.8, 4) is 0 Å². The van der Waals surface area contributed by atoms with Crippen molar-refractivity contribution in [1.82, 2.24) is 4.98 Å². The number of carbonyl (C=O) groups is 1. The molecule has 0 aliphatic carbocycles. The topological polar surface area (TPSA) is 30.0 Å². The lowest BCUT2D eigenvalue weighted by Crippen LogP contribution is -2.06. The van der Waals surface area contributed by atoms with E-state index in [-0.39, 0.29) is 5.78 Å². The first kappa shape index (κ1) is 10.6. The van der Waals surface area contributed by atoms with Gasteiger partial charge in [-0.3, -0.25) is 9.78 Å². The van der Waals surface area contributed by atoms with Crippen LogP contribution in [0.15, 0.2) is 48.7 Å². The summed E-state index contributed by atoms with van der Waals surface area (Å²) >= 11 is 0. The fraction of sp³-hybridized carbons (Fsp3) is 0.143. The number of aryl methyl sites for hydroxylation is 1. The molecule has 2 rings (SSSR count). The van der Waals surface area contributed by atoms with Crippen LogP contribution in [0.4, 0.5) is 0 Å². The number of ketones is 1. The van der Waals surface area contributed by atoms with Crippen LogP contribution in [0, 0.1) is 6.92 Å². The van der Waals surface area contributed by atoms with Gasteiger partial charge in [0.25, 0.3) is 0 Å². The zero-order valence-electron chi connectivity index (χ0n) is 9.18. The number of nitrogens with zero attached hydrogens (tertiary/aromatic N) is 1. The van der Waals surface area contributed by atoms with Gasteiger partial charge in [0, 0.05) is 11.8 Å². The van der Waals surface area contributed by atoms with Gasteiger partial charge in [0.2, 0.25) is 0 Å². The molecule has 16 heavy (non-hydrogen) atoms. The second-order valence-corrected chi connectivity index (χ2v) is 3.73. The van der Waals surface area contributed by atoms with Crippen LogP contribution in [0.25, 0.3) is 0 Å². The average molecular weight is 211 g/mol. The Balaban J connectivity index is 2.18. The average Bonchev–Trinajstić information content (AvgIpc) is 2.33. The normalized spacial score (nSPS) is 10.1. The molecule has 0 amide bonds. The van der Waals surface area contributed by atoms with Crippen molar-refractivity contribution >= 4 is 5.78 Å². The SMILES string of the molecule is Cc1cccnc1CC(=O)c1ccccc1. The molecule has 0 aliphatic rings. The molecule has 0 aliphatic heterocycles. The van der Waals surface area contributed by atoms with Crippen LogP contribution in [0.1, 0.15) is 21.6 Å². The number of carbonyl (C=O) groups excluding carboxylic acids is 1. The number of Topliss-reactive ketones (excluding diaryl/α,β-unsaturated/α-hetero) is 1. The molecule has 0 fully saturated rings. The van der Waals surface area contributed by atoms with Crippen LogP contribution in [0.2, 0.25) is 0 Å². The van der Waals surface area contributed by atoms with E-state index in [0.717, 1.165) is 16.8 Å². The lowest BCUT2D eigenvalue weighted by molar-refractivity contribution is 0.0991. The van der Waals surface area contributed by atoms with Gasteiger partial charge < -0.3 is 0 Å². The summed E-state index contributed by atoms with van der Waals surface area (Å²) in [6.45, 7) is 1.97. The Hall–Kier alpha value is -1.96. The summed E-state index contributed by atoms with van der Waals surface area (Å²) in [5, 5.41) is 0. The van der Waals surface area contributed by atoms with Crippen LogP contribution in [-0.2, 0) is 6.42 Å². The highest BCUT2D eigenvalue weighted by atomic mass is 16.1. The van der Waals surface area contributed by atoms with Gasteiger partial charge in [-0.2, -0.15) is 0 Å². The Kier molecular flexibility index (Phi) is 3.10. The minimum atomic E-state index is 0.113. The summed E-state index contributed by atoms with van der Waals surface area (Å²) in [5.41, 5.74) is 2.66. The summed E-state index contributed by atoms with van der Waals surface area (Å²) in [5.74, 6) is 0.113. The first-order valence-electron chi connectivity index (χ1n) is 5.26.